The van der Waals surface area contributed by atoms with Crippen molar-refractivity contribution in [2.75, 3.05) is 26.2 Å². The van der Waals surface area contributed by atoms with Crippen LogP contribution in [0.15, 0.2) is 0 Å². The third kappa shape index (κ3) is 3.95. The highest BCUT2D eigenvalue weighted by Crippen LogP contribution is 2.21. The molecular weight excluding hydrogens is 298 g/mol. The van der Waals surface area contributed by atoms with Crippen molar-refractivity contribution < 1.29 is 19.5 Å². The van der Waals surface area contributed by atoms with Crippen LogP contribution >= 0.6 is 0 Å². The molecule has 0 aromatic carbocycles. The number of nitrogens with zero attached hydrogens (tertiary/aromatic N) is 2. The Morgan fingerprint density at radius 1 is 1.09 bits per heavy atom. The minimum Gasteiger partial charge on any atom is -0.480 e. The smallest absolute Gasteiger partial charge is 0.329 e. The Morgan fingerprint density at radius 2 is 1.61 bits per heavy atom. The van der Waals surface area contributed by atoms with Gasteiger partial charge in [0.25, 0.3) is 0 Å². The molecular formula is C16H27N3O4. The van der Waals surface area contributed by atoms with Gasteiger partial charge < -0.3 is 20.2 Å². The van der Waals surface area contributed by atoms with Crippen molar-refractivity contribution in [1.29, 1.82) is 0 Å². The van der Waals surface area contributed by atoms with Crippen LogP contribution in [0.1, 0.15) is 46.0 Å². The third-order valence-electron chi connectivity index (χ3n) is 5.09. The second-order valence-electron chi connectivity index (χ2n) is 6.72. The molecule has 2 aliphatic heterocycles. The number of aliphatic carboxylic acids is 1. The molecule has 0 spiro atoms. The summed E-state index contributed by atoms with van der Waals surface area (Å²) in [4.78, 5) is 39.6. The van der Waals surface area contributed by atoms with Gasteiger partial charge in [0.1, 0.15) is 5.54 Å². The SMILES string of the molecule is CCC(C)(NC(=O)C1CCN(C(=O)N2CCCC2)CC1)C(=O)O. The maximum Gasteiger partial charge on any atom is 0.329 e. The number of hydrogen-bond acceptors (Lipinski definition) is 3. The van der Waals surface area contributed by atoms with E-state index in [1.165, 1.54) is 6.92 Å². The summed E-state index contributed by atoms with van der Waals surface area (Å²) in [5.74, 6) is -1.46. The van der Waals surface area contributed by atoms with Gasteiger partial charge in [-0.3, -0.25) is 4.79 Å². The number of piperidine rings is 1. The summed E-state index contributed by atoms with van der Waals surface area (Å²) in [5.41, 5.74) is -1.22. The summed E-state index contributed by atoms with van der Waals surface area (Å²) >= 11 is 0. The molecule has 2 aliphatic rings. The van der Waals surface area contributed by atoms with Gasteiger partial charge in [0.05, 0.1) is 0 Å². The third-order valence-corrected chi connectivity index (χ3v) is 5.09. The summed E-state index contributed by atoms with van der Waals surface area (Å²) in [6, 6.07) is 0.0743. The van der Waals surface area contributed by atoms with Crippen LogP contribution in [0.4, 0.5) is 4.79 Å². The average molecular weight is 325 g/mol. The first kappa shape index (κ1) is 17.6. The fraction of sp³-hybridized carbons (Fsp3) is 0.812. The van der Waals surface area contributed by atoms with Crippen LogP contribution in [-0.4, -0.2) is 64.5 Å². The highest BCUT2D eigenvalue weighted by molar-refractivity contribution is 5.88. The maximum atomic E-state index is 12.3. The lowest BCUT2D eigenvalue weighted by Crippen LogP contribution is -2.55. The molecule has 0 saturated carbocycles. The maximum absolute atomic E-state index is 12.3. The van der Waals surface area contributed by atoms with Crippen LogP contribution in [0.2, 0.25) is 0 Å². The van der Waals surface area contributed by atoms with Gasteiger partial charge in [-0.15, -0.1) is 0 Å². The Balaban J connectivity index is 1.85. The Kier molecular flexibility index (Phi) is 5.49. The molecule has 2 heterocycles. The van der Waals surface area contributed by atoms with E-state index in [-0.39, 0.29) is 17.9 Å². The van der Waals surface area contributed by atoms with Crippen molar-refractivity contribution >= 4 is 17.9 Å². The topological polar surface area (TPSA) is 90.0 Å². The summed E-state index contributed by atoms with van der Waals surface area (Å²) in [6.45, 7) is 6.04. The normalized spacial score (nSPS) is 21.8. The fourth-order valence-corrected chi connectivity index (χ4v) is 3.11. The van der Waals surface area contributed by atoms with Crippen molar-refractivity contribution in [2.24, 2.45) is 5.92 Å². The number of urea groups is 1. The van der Waals surface area contributed by atoms with Gasteiger partial charge in [-0.05, 0) is 39.0 Å². The van der Waals surface area contributed by atoms with E-state index in [1.54, 1.807) is 6.92 Å². The van der Waals surface area contributed by atoms with Gasteiger partial charge in [-0.2, -0.15) is 0 Å². The van der Waals surface area contributed by atoms with Crippen molar-refractivity contribution in [3.8, 4) is 0 Å². The quantitative estimate of drug-likeness (QED) is 0.815. The highest BCUT2D eigenvalue weighted by atomic mass is 16.4. The van der Waals surface area contributed by atoms with Crippen LogP contribution in [0, 0.1) is 5.92 Å². The number of amides is 3. The molecule has 2 fully saturated rings. The van der Waals surface area contributed by atoms with Crippen LogP contribution in [0.3, 0.4) is 0 Å². The zero-order valence-corrected chi connectivity index (χ0v) is 14.0. The van der Waals surface area contributed by atoms with Crippen molar-refractivity contribution in [3.63, 3.8) is 0 Å². The van der Waals surface area contributed by atoms with Crippen molar-refractivity contribution in [2.45, 2.75) is 51.5 Å². The molecule has 0 aromatic heterocycles. The zero-order valence-electron chi connectivity index (χ0n) is 14.0. The first-order valence-electron chi connectivity index (χ1n) is 8.46. The standard InChI is InChI=1S/C16H27N3O4/c1-3-16(2,14(21)22)17-13(20)12-6-10-19(11-7-12)15(23)18-8-4-5-9-18/h12H,3-11H2,1-2H3,(H,17,20)(H,21,22). The van der Waals surface area contributed by atoms with Gasteiger partial charge >= 0.3 is 12.0 Å². The molecule has 2 N–H and O–H groups in total. The molecule has 0 aliphatic carbocycles. The molecule has 0 aromatic rings. The molecule has 130 valence electrons. The second-order valence-corrected chi connectivity index (χ2v) is 6.72. The number of carbonyl (C=O) groups is 3. The zero-order chi connectivity index (χ0) is 17.0. The minimum atomic E-state index is -1.22. The molecule has 2 saturated heterocycles. The van der Waals surface area contributed by atoms with E-state index in [1.807, 2.05) is 9.80 Å². The van der Waals surface area contributed by atoms with Crippen LogP contribution in [-0.2, 0) is 9.59 Å². The summed E-state index contributed by atoms with van der Waals surface area (Å²) in [5, 5.41) is 11.9. The lowest BCUT2D eigenvalue weighted by molar-refractivity contribution is -0.148. The van der Waals surface area contributed by atoms with Gasteiger partial charge in [-0.25, -0.2) is 9.59 Å². The van der Waals surface area contributed by atoms with E-state index < -0.39 is 11.5 Å². The van der Waals surface area contributed by atoms with Gasteiger partial charge in [0.2, 0.25) is 5.91 Å². The average Bonchev–Trinajstić information content (AvgIpc) is 3.08. The monoisotopic (exact) mass is 325 g/mol. The molecule has 3 amide bonds. The number of hydrogen-bond donors (Lipinski definition) is 2. The van der Waals surface area contributed by atoms with Crippen LogP contribution in [0.25, 0.3) is 0 Å². The Labute approximate surface area is 137 Å². The van der Waals surface area contributed by atoms with Crippen LogP contribution < -0.4 is 5.32 Å². The molecule has 2 rings (SSSR count). The van der Waals surface area contributed by atoms with Crippen LogP contribution in [0.5, 0.6) is 0 Å². The Hall–Kier alpha value is -1.79. The molecule has 1 atom stereocenters. The number of rotatable bonds is 4. The van der Waals surface area contributed by atoms with E-state index in [9.17, 15) is 19.5 Å². The second kappa shape index (κ2) is 7.19. The van der Waals surface area contributed by atoms with E-state index in [0.717, 1.165) is 25.9 Å². The molecule has 1 unspecified atom stereocenters. The Morgan fingerprint density at radius 3 is 2.09 bits per heavy atom. The predicted molar refractivity (Wildman–Crippen MR) is 85.0 cm³/mol. The molecule has 7 heteroatoms. The van der Waals surface area contributed by atoms with Crippen molar-refractivity contribution in [1.82, 2.24) is 15.1 Å². The largest absolute Gasteiger partial charge is 0.480 e. The Bertz CT molecular complexity index is 468. The molecule has 7 nitrogen and oxygen atoms in total. The summed E-state index contributed by atoms with van der Waals surface area (Å²) in [6.07, 6.45) is 3.64. The lowest BCUT2D eigenvalue weighted by Gasteiger charge is -2.35. The van der Waals surface area contributed by atoms with E-state index >= 15 is 0 Å². The predicted octanol–water partition coefficient (Wildman–Crippen LogP) is 1.28. The lowest BCUT2D eigenvalue weighted by atomic mass is 9.92. The number of carboxylic acids is 1. The molecule has 0 radical (unpaired) electrons. The number of carboxylic acid groups (broad SMARTS) is 1. The van der Waals surface area contributed by atoms with Gasteiger partial charge in [-0.1, -0.05) is 6.92 Å². The van der Waals surface area contributed by atoms with Gasteiger partial charge in [0.15, 0.2) is 0 Å². The molecule has 0 bridgehead atoms. The first-order chi connectivity index (χ1) is 10.9. The fourth-order valence-electron chi connectivity index (χ4n) is 3.11. The number of carbonyl (C=O) groups excluding carboxylic acids is 2. The van der Waals surface area contributed by atoms with E-state index in [2.05, 4.69) is 5.32 Å². The van der Waals surface area contributed by atoms with Gasteiger partial charge in [0, 0.05) is 32.1 Å². The highest BCUT2D eigenvalue weighted by Gasteiger charge is 2.36. The number of likely N-dealkylation sites (tertiary alicyclic amines) is 2. The summed E-state index contributed by atoms with van der Waals surface area (Å²) < 4.78 is 0. The van der Waals surface area contributed by atoms with E-state index in [4.69, 9.17) is 0 Å². The summed E-state index contributed by atoms with van der Waals surface area (Å²) in [7, 11) is 0. The number of nitrogens with one attached hydrogen (secondary N) is 1. The minimum absolute atomic E-state index is 0.0743. The first-order valence-corrected chi connectivity index (χ1v) is 8.46. The van der Waals surface area contributed by atoms with E-state index in [0.29, 0.717) is 32.4 Å². The van der Waals surface area contributed by atoms with Crippen molar-refractivity contribution in [3.05, 3.63) is 0 Å². The molecule has 23 heavy (non-hydrogen) atoms.